The van der Waals surface area contributed by atoms with Gasteiger partial charge in [-0.25, -0.2) is 4.98 Å². The van der Waals surface area contributed by atoms with E-state index >= 15 is 0 Å². The topological polar surface area (TPSA) is 50.2 Å². The molecule has 0 bridgehead atoms. The second-order valence-electron chi connectivity index (χ2n) is 3.41. The summed E-state index contributed by atoms with van der Waals surface area (Å²) in [5, 5.41) is 11.8. The molecule has 1 unspecified atom stereocenters. The van der Waals surface area contributed by atoms with E-state index in [1.165, 1.54) is 11.3 Å². The molecule has 74 valence electrons. The fourth-order valence-corrected chi connectivity index (χ4v) is 2.60. The molecule has 1 aliphatic rings. The largest absolute Gasteiger partial charge is 0.480 e. The maximum atomic E-state index is 11.3. The average Bonchev–Trinajstić information content (AvgIpc) is 2.72. The Bertz CT molecular complexity index is 358. The van der Waals surface area contributed by atoms with Gasteiger partial charge in [-0.05, 0) is 19.3 Å². The lowest BCUT2D eigenvalue weighted by molar-refractivity contribution is -0.142. The number of hydrogen-bond acceptors (Lipinski definition) is 3. The minimum absolute atomic E-state index is 0.659. The third-order valence-electron chi connectivity index (χ3n) is 2.54. The Morgan fingerprint density at radius 2 is 2.50 bits per heavy atom. The number of carboxylic acid groups (broad SMARTS) is 1. The van der Waals surface area contributed by atoms with Crippen LogP contribution in [0.4, 0.5) is 0 Å². The molecule has 0 saturated carbocycles. The van der Waals surface area contributed by atoms with Crippen LogP contribution in [0.25, 0.3) is 0 Å². The van der Waals surface area contributed by atoms with Crippen LogP contribution in [0, 0.1) is 0 Å². The molecule has 1 aromatic heterocycles. The van der Waals surface area contributed by atoms with Crippen LogP contribution in [-0.2, 0) is 10.2 Å². The van der Waals surface area contributed by atoms with Crippen molar-refractivity contribution in [1.82, 2.24) is 4.98 Å². The lowest BCUT2D eigenvalue weighted by Gasteiger charge is -2.26. The van der Waals surface area contributed by atoms with E-state index in [-0.39, 0.29) is 0 Å². The van der Waals surface area contributed by atoms with Gasteiger partial charge >= 0.3 is 5.97 Å². The first-order chi connectivity index (χ1) is 6.76. The second-order valence-corrected chi connectivity index (χ2v) is 4.30. The van der Waals surface area contributed by atoms with Gasteiger partial charge in [0.15, 0.2) is 0 Å². The van der Waals surface area contributed by atoms with Crippen molar-refractivity contribution in [3.63, 3.8) is 0 Å². The minimum atomic E-state index is -0.855. The lowest BCUT2D eigenvalue weighted by Crippen LogP contribution is -2.34. The quantitative estimate of drug-likeness (QED) is 0.760. The monoisotopic (exact) mass is 209 g/mol. The summed E-state index contributed by atoms with van der Waals surface area (Å²) in [6, 6.07) is 0. The molecule has 4 heteroatoms. The van der Waals surface area contributed by atoms with Crippen LogP contribution in [0.3, 0.4) is 0 Å². The molecule has 2 rings (SSSR count). The first-order valence-corrected chi connectivity index (χ1v) is 5.45. The van der Waals surface area contributed by atoms with Crippen LogP contribution in [0.1, 0.15) is 24.3 Å². The summed E-state index contributed by atoms with van der Waals surface area (Å²) in [5.74, 6) is -0.789. The van der Waals surface area contributed by atoms with E-state index in [1.54, 1.807) is 12.3 Å². The molecule has 1 aromatic rings. The summed E-state index contributed by atoms with van der Waals surface area (Å²) in [6.07, 6.45) is 7.94. The van der Waals surface area contributed by atoms with E-state index < -0.39 is 11.4 Å². The van der Waals surface area contributed by atoms with E-state index in [0.717, 1.165) is 12.8 Å². The standard InChI is InChI=1S/C10H11NO2S/c12-9(13)10(4-2-1-3-5-10)8-11-6-7-14-8/h2,4,6-7H,1,3,5H2,(H,12,13). The Hall–Kier alpha value is -1.16. The summed E-state index contributed by atoms with van der Waals surface area (Å²) in [7, 11) is 0. The Labute approximate surface area is 86.1 Å². The van der Waals surface area contributed by atoms with Crippen LogP contribution < -0.4 is 0 Å². The molecular formula is C10H11NO2S. The smallest absolute Gasteiger partial charge is 0.320 e. The van der Waals surface area contributed by atoms with Crippen LogP contribution in [0.15, 0.2) is 23.7 Å². The molecule has 0 saturated heterocycles. The Kier molecular flexibility index (Phi) is 2.37. The Balaban J connectivity index is 2.45. The number of aliphatic carboxylic acids is 1. The fraction of sp³-hybridized carbons (Fsp3) is 0.400. The van der Waals surface area contributed by atoms with Crippen LogP contribution in [-0.4, -0.2) is 16.1 Å². The first-order valence-electron chi connectivity index (χ1n) is 4.57. The molecule has 1 N–H and O–H groups in total. The number of aromatic nitrogens is 1. The minimum Gasteiger partial charge on any atom is -0.480 e. The van der Waals surface area contributed by atoms with E-state index in [4.69, 9.17) is 0 Å². The fourth-order valence-electron chi connectivity index (χ4n) is 1.76. The zero-order valence-corrected chi connectivity index (χ0v) is 8.46. The highest BCUT2D eigenvalue weighted by Gasteiger charge is 2.40. The lowest BCUT2D eigenvalue weighted by atomic mass is 9.79. The molecule has 0 spiro atoms. The molecular weight excluding hydrogens is 198 g/mol. The van der Waals surface area contributed by atoms with Crippen molar-refractivity contribution in [2.75, 3.05) is 0 Å². The summed E-state index contributed by atoms with van der Waals surface area (Å²) in [5.41, 5.74) is -0.855. The number of nitrogens with zero attached hydrogens (tertiary/aromatic N) is 1. The zero-order valence-electron chi connectivity index (χ0n) is 7.64. The molecule has 1 heterocycles. The predicted molar refractivity (Wildman–Crippen MR) is 54.4 cm³/mol. The number of thiazole rings is 1. The average molecular weight is 209 g/mol. The van der Waals surface area contributed by atoms with E-state index in [1.807, 2.05) is 11.5 Å². The zero-order chi connectivity index (χ0) is 10.0. The van der Waals surface area contributed by atoms with Gasteiger partial charge in [-0.15, -0.1) is 11.3 Å². The number of carboxylic acids is 1. The molecule has 1 atom stereocenters. The van der Waals surface area contributed by atoms with Crippen molar-refractivity contribution in [1.29, 1.82) is 0 Å². The molecule has 0 aromatic carbocycles. The number of hydrogen-bond donors (Lipinski definition) is 1. The Morgan fingerprint density at radius 3 is 3.00 bits per heavy atom. The van der Waals surface area contributed by atoms with Gasteiger partial charge in [0, 0.05) is 11.6 Å². The van der Waals surface area contributed by atoms with E-state index in [9.17, 15) is 9.90 Å². The van der Waals surface area contributed by atoms with Gasteiger partial charge in [0.2, 0.25) is 0 Å². The van der Waals surface area contributed by atoms with Crippen LogP contribution >= 0.6 is 11.3 Å². The molecule has 1 aliphatic carbocycles. The summed E-state index contributed by atoms with van der Waals surface area (Å²) < 4.78 is 0. The summed E-state index contributed by atoms with van der Waals surface area (Å²) in [6.45, 7) is 0. The molecule has 14 heavy (non-hydrogen) atoms. The second kappa shape index (κ2) is 3.53. The summed E-state index contributed by atoms with van der Waals surface area (Å²) in [4.78, 5) is 15.4. The van der Waals surface area contributed by atoms with Crippen LogP contribution in [0.2, 0.25) is 0 Å². The van der Waals surface area contributed by atoms with Gasteiger partial charge in [0.1, 0.15) is 10.4 Å². The van der Waals surface area contributed by atoms with Gasteiger partial charge in [-0.2, -0.15) is 0 Å². The maximum Gasteiger partial charge on any atom is 0.320 e. The van der Waals surface area contributed by atoms with Crippen molar-refractivity contribution >= 4 is 17.3 Å². The SMILES string of the molecule is O=C(O)C1(c2nccs2)C=CCCC1. The van der Waals surface area contributed by atoms with Crippen LogP contribution in [0.5, 0.6) is 0 Å². The number of rotatable bonds is 2. The first kappa shape index (κ1) is 9.40. The third kappa shape index (κ3) is 1.35. The Morgan fingerprint density at radius 1 is 1.64 bits per heavy atom. The van der Waals surface area contributed by atoms with Crippen molar-refractivity contribution in [3.05, 3.63) is 28.7 Å². The normalized spacial score (nSPS) is 26.3. The molecule has 0 aliphatic heterocycles. The summed E-state index contributed by atoms with van der Waals surface area (Å²) >= 11 is 1.41. The van der Waals surface area contributed by atoms with Crippen molar-refractivity contribution in [2.24, 2.45) is 0 Å². The third-order valence-corrected chi connectivity index (χ3v) is 3.49. The van der Waals surface area contributed by atoms with Crippen molar-refractivity contribution in [3.8, 4) is 0 Å². The molecule has 3 nitrogen and oxygen atoms in total. The van der Waals surface area contributed by atoms with E-state index in [0.29, 0.717) is 11.4 Å². The van der Waals surface area contributed by atoms with Crippen molar-refractivity contribution < 1.29 is 9.90 Å². The van der Waals surface area contributed by atoms with Gasteiger partial charge in [-0.3, -0.25) is 4.79 Å². The van der Waals surface area contributed by atoms with Gasteiger partial charge in [-0.1, -0.05) is 12.2 Å². The van der Waals surface area contributed by atoms with Gasteiger partial charge in [0.25, 0.3) is 0 Å². The highest BCUT2D eigenvalue weighted by Crippen LogP contribution is 2.36. The van der Waals surface area contributed by atoms with Gasteiger partial charge < -0.3 is 5.11 Å². The maximum absolute atomic E-state index is 11.3. The highest BCUT2D eigenvalue weighted by molar-refractivity contribution is 7.09. The molecule has 0 amide bonds. The van der Waals surface area contributed by atoms with E-state index in [2.05, 4.69) is 4.98 Å². The van der Waals surface area contributed by atoms with Gasteiger partial charge in [0.05, 0.1) is 0 Å². The highest BCUT2D eigenvalue weighted by atomic mass is 32.1. The number of allylic oxidation sites excluding steroid dienone is 1. The number of carbonyl (C=O) groups is 1. The van der Waals surface area contributed by atoms with Crippen molar-refractivity contribution in [2.45, 2.75) is 24.7 Å². The predicted octanol–water partition coefficient (Wildman–Crippen LogP) is 2.21. The molecule has 0 radical (unpaired) electrons. The molecule has 0 fully saturated rings.